The molecule has 9 nitrogen and oxygen atoms in total. The maximum absolute atomic E-state index is 12.5. The molecule has 1 aromatic carbocycles. The summed E-state index contributed by atoms with van der Waals surface area (Å²) in [4.78, 5) is 35.6. The Balaban J connectivity index is 2.15. The van der Waals surface area contributed by atoms with Crippen molar-refractivity contribution in [1.29, 1.82) is 0 Å². The number of unbranched alkanes of at least 4 members (excludes halogenated alkanes) is 2. The number of amides is 2. The van der Waals surface area contributed by atoms with E-state index < -0.39 is 23.9 Å². The van der Waals surface area contributed by atoms with Gasteiger partial charge in [0.15, 0.2) is 0 Å². The van der Waals surface area contributed by atoms with Gasteiger partial charge in [0, 0.05) is 12.3 Å². The van der Waals surface area contributed by atoms with E-state index in [1.165, 1.54) is 6.07 Å². The van der Waals surface area contributed by atoms with E-state index in [4.69, 9.17) is 14.6 Å². The standard InChI is InChI=1S/C35H50N2O7/c1-3-5-6-7-8-9-10-11-12-13-14-15-16-17-18-19-20-21-26-43-32(22-4-2)33(39)36-25-27-44-35(42)37-29-23-24-31(38)30(28-29)34(40)41/h5-6,8-9,11-12,14-15,17-18,23-24,28,32,38H,3-4,7,10,13,16,19-22,25-27H2,1-2H3,(H,36,39)(H,37,42)(H,40,41). The highest BCUT2D eigenvalue weighted by Crippen LogP contribution is 2.21. The van der Waals surface area contributed by atoms with Crippen molar-refractivity contribution in [3.8, 4) is 5.75 Å². The summed E-state index contributed by atoms with van der Waals surface area (Å²) >= 11 is 0. The Morgan fingerprint density at radius 3 is 2.05 bits per heavy atom. The lowest BCUT2D eigenvalue weighted by Gasteiger charge is -2.17. The smallest absolute Gasteiger partial charge is 0.411 e. The summed E-state index contributed by atoms with van der Waals surface area (Å²) in [5.41, 5.74) is -0.182. The average molecular weight is 611 g/mol. The summed E-state index contributed by atoms with van der Waals surface area (Å²) in [7, 11) is 0. The molecule has 0 fully saturated rings. The molecule has 1 rings (SSSR count). The number of anilines is 1. The van der Waals surface area contributed by atoms with Crippen LogP contribution in [-0.2, 0) is 14.3 Å². The Morgan fingerprint density at radius 1 is 0.841 bits per heavy atom. The zero-order chi connectivity index (χ0) is 32.3. The number of hydrogen-bond donors (Lipinski definition) is 4. The van der Waals surface area contributed by atoms with E-state index in [0.717, 1.165) is 69.9 Å². The molecule has 0 heterocycles. The summed E-state index contributed by atoms with van der Waals surface area (Å²) in [6, 6.07) is 3.63. The summed E-state index contributed by atoms with van der Waals surface area (Å²) in [5.74, 6) is -1.98. The Morgan fingerprint density at radius 2 is 1.45 bits per heavy atom. The molecule has 0 aromatic heterocycles. The van der Waals surface area contributed by atoms with Crippen LogP contribution in [0.5, 0.6) is 5.75 Å². The number of benzene rings is 1. The van der Waals surface area contributed by atoms with E-state index in [9.17, 15) is 19.5 Å². The average Bonchev–Trinajstić information content (AvgIpc) is 3.00. The summed E-state index contributed by atoms with van der Waals surface area (Å²) in [5, 5.41) is 23.7. The number of rotatable bonds is 23. The van der Waals surface area contributed by atoms with Crippen molar-refractivity contribution in [2.45, 2.75) is 84.2 Å². The van der Waals surface area contributed by atoms with Crippen LogP contribution in [0.3, 0.4) is 0 Å². The maximum Gasteiger partial charge on any atom is 0.411 e. The first-order valence-electron chi connectivity index (χ1n) is 15.5. The molecule has 0 saturated carbocycles. The Bertz CT molecular complexity index is 1120. The number of aromatic carboxylic acids is 1. The minimum absolute atomic E-state index is 0.0759. The van der Waals surface area contributed by atoms with E-state index in [-0.39, 0.29) is 30.3 Å². The predicted molar refractivity (Wildman–Crippen MR) is 176 cm³/mol. The van der Waals surface area contributed by atoms with Gasteiger partial charge < -0.3 is 25.0 Å². The van der Waals surface area contributed by atoms with Crippen LogP contribution in [0.1, 0.15) is 88.4 Å². The number of carbonyl (C=O) groups is 3. The second-order valence-electron chi connectivity index (χ2n) is 9.94. The third kappa shape index (κ3) is 19.2. The van der Waals surface area contributed by atoms with Crippen LogP contribution in [0.2, 0.25) is 0 Å². The summed E-state index contributed by atoms with van der Waals surface area (Å²) < 4.78 is 10.9. The molecule has 1 unspecified atom stereocenters. The van der Waals surface area contributed by atoms with Crippen molar-refractivity contribution in [3.05, 3.63) is 84.5 Å². The van der Waals surface area contributed by atoms with Crippen molar-refractivity contribution in [2.24, 2.45) is 0 Å². The van der Waals surface area contributed by atoms with Gasteiger partial charge in [-0.05, 0) is 76.0 Å². The van der Waals surface area contributed by atoms with Gasteiger partial charge >= 0.3 is 12.1 Å². The fourth-order valence-electron chi connectivity index (χ4n) is 3.88. The molecule has 0 radical (unpaired) electrons. The van der Waals surface area contributed by atoms with E-state index in [0.29, 0.717) is 13.0 Å². The van der Waals surface area contributed by atoms with Crippen LogP contribution in [-0.4, -0.2) is 54.0 Å². The molecular weight excluding hydrogens is 560 g/mol. The zero-order valence-electron chi connectivity index (χ0n) is 26.2. The minimum atomic E-state index is -1.32. The normalized spacial score (nSPS) is 12.6. The van der Waals surface area contributed by atoms with E-state index in [1.807, 2.05) is 6.92 Å². The molecule has 2 amide bonds. The largest absolute Gasteiger partial charge is 0.507 e. The van der Waals surface area contributed by atoms with Gasteiger partial charge in [-0.3, -0.25) is 10.1 Å². The molecule has 0 bridgehead atoms. The Hall–Kier alpha value is -4.11. The lowest BCUT2D eigenvalue weighted by Crippen LogP contribution is -2.38. The van der Waals surface area contributed by atoms with Gasteiger partial charge in [0.05, 0.1) is 6.54 Å². The van der Waals surface area contributed by atoms with Crippen molar-refractivity contribution in [3.63, 3.8) is 0 Å². The summed E-state index contributed by atoms with van der Waals surface area (Å²) in [6.45, 7) is 4.65. The number of allylic oxidation sites excluding steroid dienone is 10. The molecule has 242 valence electrons. The quantitative estimate of drug-likeness (QED) is 0.0563. The van der Waals surface area contributed by atoms with Gasteiger partial charge in [-0.15, -0.1) is 0 Å². The number of carboxylic acid groups (broad SMARTS) is 1. The van der Waals surface area contributed by atoms with Crippen LogP contribution < -0.4 is 10.6 Å². The second-order valence-corrected chi connectivity index (χ2v) is 9.94. The number of nitrogens with one attached hydrogen (secondary N) is 2. The Labute approximate surface area is 262 Å². The fraction of sp³-hybridized carbons (Fsp3) is 0.457. The second kappa shape index (κ2) is 25.4. The molecular formula is C35H50N2O7. The van der Waals surface area contributed by atoms with E-state index >= 15 is 0 Å². The third-order valence-corrected chi connectivity index (χ3v) is 6.19. The van der Waals surface area contributed by atoms with Gasteiger partial charge in [0.25, 0.3) is 0 Å². The van der Waals surface area contributed by atoms with Crippen LogP contribution in [0.15, 0.2) is 79.0 Å². The predicted octanol–water partition coefficient (Wildman–Crippen LogP) is 7.86. The van der Waals surface area contributed by atoms with Crippen molar-refractivity contribution in [1.82, 2.24) is 5.32 Å². The topological polar surface area (TPSA) is 134 Å². The lowest BCUT2D eigenvalue weighted by molar-refractivity contribution is -0.133. The number of carbonyl (C=O) groups excluding carboxylic acids is 2. The van der Waals surface area contributed by atoms with Crippen LogP contribution in [0, 0.1) is 0 Å². The molecule has 0 aliphatic carbocycles. The molecule has 9 heteroatoms. The van der Waals surface area contributed by atoms with E-state index in [2.05, 4.69) is 78.3 Å². The number of ether oxygens (including phenoxy) is 2. The lowest BCUT2D eigenvalue weighted by atomic mass is 10.2. The van der Waals surface area contributed by atoms with E-state index in [1.54, 1.807) is 0 Å². The van der Waals surface area contributed by atoms with Crippen LogP contribution >= 0.6 is 0 Å². The SMILES string of the molecule is CCC=CCC=CCC=CCC=CCC=CCCCCOC(CCC)C(=O)NCCOC(=O)Nc1ccc(O)c(C(=O)O)c1. The number of carboxylic acids is 1. The zero-order valence-corrected chi connectivity index (χ0v) is 26.2. The van der Waals surface area contributed by atoms with Gasteiger partial charge in [-0.2, -0.15) is 0 Å². The van der Waals surface area contributed by atoms with Crippen LogP contribution in [0.25, 0.3) is 0 Å². The van der Waals surface area contributed by atoms with Crippen molar-refractivity contribution < 1.29 is 34.1 Å². The monoisotopic (exact) mass is 610 g/mol. The van der Waals surface area contributed by atoms with Gasteiger partial charge in [0.2, 0.25) is 5.91 Å². The summed E-state index contributed by atoms with van der Waals surface area (Å²) in [6.07, 6.45) is 29.6. The molecule has 44 heavy (non-hydrogen) atoms. The van der Waals surface area contributed by atoms with Crippen molar-refractivity contribution >= 4 is 23.7 Å². The molecule has 0 saturated heterocycles. The van der Waals surface area contributed by atoms with Gasteiger partial charge in [-0.25, -0.2) is 9.59 Å². The highest BCUT2D eigenvalue weighted by Gasteiger charge is 2.18. The fourth-order valence-corrected chi connectivity index (χ4v) is 3.88. The first-order chi connectivity index (χ1) is 21.4. The van der Waals surface area contributed by atoms with Gasteiger partial charge in [0.1, 0.15) is 24.0 Å². The minimum Gasteiger partial charge on any atom is -0.507 e. The molecule has 1 aromatic rings. The highest BCUT2D eigenvalue weighted by atomic mass is 16.5. The first kappa shape index (κ1) is 37.9. The molecule has 1 atom stereocenters. The number of aromatic hydroxyl groups is 1. The third-order valence-electron chi connectivity index (χ3n) is 6.19. The molecule has 4 N–H and O–H groups in total. The molecule has 0 aliphatic rings. The number of phenols is 1. The molecule has 0 spiro atoms. The van der Waals surface area contributed by atoms with Crippen LogP contribution in [0.4, 0.5) is 10.5 Å². The van der Waals surface area contributed by atoms with Gasteiger partial charge in [-0.1, -0.05) is 81.0 Å². The maximum atomic E-state index is 12.5. The van der Waals surface area contributed by atoms with Crippen molar-refractivity contribution in [2.75, 3.05) is 25.1 Å². The highest BCUT2D eigenvalue weighted by molar-refractivity contribution is 5.94. The molecule has 0 aliphatic heterocycles. The number of hydrogen-bond acceptors (Lipinski definition) is 6. The Kier molecular flexibility index (Phi) is 21.9. The first-order valence-corrected chi connectivity index (χ1v) is 15.5.